The highest BCUT2D eigenvalue weighted by Gasteiger charge is 2.01. The van der Waals surface area contributed by atoms with Gasteiger partial charge in [0.2, 0.25) is 5.95 Å². The van der Waals surface area contributed by atoms with Crippen molar-refractivity contribution in [3.8, 4) is 0 Å². The van der Waals surface area contributed by atoms with E-state index < -0.39 is 0 Å². The third kappa shape index (κ3) is 2.22. The molecule has 2 aromatic rings. The summed E-state index contributed by atoms with van der Waals surface area (Å²) >= 11 is 0. The maximum atomic E-state index is 5.53. The van der Waals surface area contributed by atoms with Crippen LogP contribution in [0.5, 0.6) is 0 Å². The van der Waals surface area contributed by atoms with Crippen molar-refractivity contribution in [2.24, 2.45) is 7.05 Å². The van der Waals surface area contributed by atoms with Crippen molar-refractivity contribution >= 4 is 17.6 Å². The summed E-state index contributed by atoms with van der Waals surface area (Å²) in [5.41, 5.74) is 6.35. The van der Waals surface area contributed by atoms with Crippen LogP contribution in [-0.2, 0) is 7.05 Å². The Labute approximate surface area is 87.2 Å². The molecule has 0 saturated carbocycles. The predicted molar refractivity (Wildman–Crippen MR) is 57.7 cm³/mol. The number of hydrogen-bond acceptors (Lipinski definition) is 5. The van der Waals surface area contributed by atoms with Crippen molar-refractivity contribution in [3.63, 3.8) is 0 Å². The van der Waals surface area contributed by atoms with E-state index in [1.165, 1.54) is 0 Å². The van der Waals surface area contributed by atoms with Gasteiger partial charge in [-0.3, -0.25) is 4.68 Å². The summed E-state index contributed by atoms with van der Waals surface area (Å²) in [5.74, 6) is 1.64. The molecular weight excluding hydrogens is 192 g/mol. The van der Waals surface area contributed by atoms with Crippen molar-refractivity contribution < 1.29 is 0 Å². The molecule has 0 bridgehead atoms. The molecule has 0 atom stereocenters. The van der Waals surface area contributed by atoms with Crippen molar-refractivity contribution in [1.82, 2.24) is 19.7 Å². The average Bonchev–Trinajstić information content (AvgIpc) is 2.49. The van der Waals surface area contributed by atoms with E-state index in [2.05, 4.69) is 20.4 Å². The largest absolute Gasteiger partial charge is 0.368 e. The molecule has 0 unspecified atom stereocenters. The number of hydrogen-bond donors (Lipinski definition) is 2. The van der Waals surface area contributed by atoms with Crippen LogP contribution >= 0.6 is 0 Å². The topological polar surface area (TPSA) is 81.7 Å². The summed E-state index contributed by atoms with van der Waals surface area (Å²) in [5, 5.41) is 7.21. The number of nitrogens with zero attached hydrogens (tertiary/aromatic N) is 4. The second-order valence-electron chi connectivity index (χ2n) is 3.25. The minimum Gasteiger partial charge on any atom is -0.368 e. The summed E-state index contributed by atoms with van der Waals surface area (Å²) < 4.78 is 1.71. The van der Waals surface area contributed by atoms with E-state index >= 15 is 0 Å². The molecule has 0 aromatic carbocycles. The fourth-order valence-corrected chi connectivity index (χ4v) is 1.27. The normalized spacial score (nSPS) is 10.3. The van der Waals surface area contributed by atoms with Crippen molar-refractivity contribution in [2.75, 3.05) is 11.1 Å². The highest BCUT2D eigenvalue weighted by atomic mass is 15.3. The SMILES string of the molecule is Cc1cc(Nc2ccn(C)n2)nc(N)n1. The van der Waals surface area contributed by atoms with Crippen LogP contribution in [0.15, 0.2) is 18.3 Å². The molecule has 2 heterocycles. The van der Waals surface area contributed by atoms with E-state index in [0.717, 1.165) is 11.5 Å². The number of aromatic nitrogens is 4. The lowest BCUT2D eigenvalue weighted by Crippen LogP contribution is -2.01. The lowest BCUT2D eigenvalue weighted by atomic mass is 10.4. The number of nitrogens with two attached hydrogens (primary N) is 1. The van der Waals surface area contributed by atoms with Crippen molar-refractivity contribution in [1.29, 1.82) is 0 Å². The molecule has 0 fully saturated rings. The van der Waals surface area contributed by atoms with Gasteiger partial charge in [0.1, 0.15) is 5.82 Å². The summed E-state index contributed by atoms with van der Waals surface area (Å²) in [6.45, 7) is 1.86. The van der Waals surface area contributed by atoms with Gasteiger partial charge in [-0.15, -0.1) is 0 Å². The quantitative estimate of drug-likeness (QED) is 0.757. The standard InChI is InChI=1S/C9H12N6/c1-6-5-8(13-9(10)11-6)12-7-3-4-15(2)14-7/h3-5H,1-2H3,(H3,10,11,12,13,14). The van der Waals surface area contributed by atoms with Crippen molar-refractivity contribution in [2.45, 2.75) is 6.92 Å². The smallest absolute Gasteiger partial charge is 0.222 e. The highest BCUT2D eigenvalue weighted by Crippen LogP contribution is 2.13. The summed E-state index contributed by atoms with van der Waals surface area (Å²) in [4.78, 5) is 8.03. The molecule has 0 aliphatic carbocycles. The summed E-state index contributed by atoms with van der Waals surface area (Å²) in [7, 11) is 1.85. The van der Waals surface area contributed by atoms with Gasteiger partial charge in [0.05, 0.1) is 0 Å². The van der Waals surface area contributed by atoms with Gasteiger partial charge in [-0.1, -0.05) is 0 Å². The third-order valence-electron chi connectivity index (χ3n) is 1.84. The number of rotatable bonds is 2. The maximum Gasteiger partial charge on any atom is 0.222 e. The Morgan fingerprint density at radius 3 is 2.73 bits per heavy atom. The van der Waals surface area contributed by atoms with Crippen LogP contribution in [-0.4, -0.2) is 19.7 Å². The van der Waals surface area contributed by atoms with Crippen LogP contribution in [0.3, 0.4) is 0 Å². The summed E-state index contributed by atoms with van der Waals surface area (Å²) in [6.07, 6.45) is 1.85. The lowest BCUT2D eigenvalue weighted by Gasteiger charge is -2.03. The van der Waals surface area contributed by atoms with Gasteiger partial charge in [0.25, 0.3) is 0 Å². The molecule has 0 radical (unpaired) electrons. The fourth-order valence-electron chi connectivity index (χ4n) is 1.27. The van der Waals surface area contributed by atoms with Gasteiger partial charge in [-0.2, -0.15) is 10.1 Å². The van der Waals surface area contributed by atoms with Gasteiger partial charge < -0.3 is 11.1 Å². The molecule has 78 valence electrons. The Balaban J connectivity index is 2.24. The zero-order valence-electron chi connectivity index (χ0n) is 8.60. The van der Waals surface area contributed by atoms with Gasteiger partial charge in [-0.05, 0) is 6.92 Å². The second kappa shape index (κ2) is 3.56. The minimum atomic E-state index is 0.258. The lowest BCUT2D eigenvalue weighted by molar-refractivity contribution is 0.771. The fraction of sp³-hybridized carbons (Fsp3) is 0.222. The molecule has 0 spiro atoms. The first kappa shape index (κ1) is 9.45. The molecule has 6 heteroatoms. The van der Waals surface area contributed by atoms with Crippen LogP contribution in [0, 0.1) is 6.92 Å². The zero-order valence-corrected chi connectivity index (χ0v) is 8.60. The Morgan fingerprint density at radius 2 is 2.13 bits per heavy atom. The van der Waals surface area contributed by atoms with Crippen molar-refractivity contribution in [3.05, 3.63) is 24.0 Å². The number of anilines is 3. The molecule has 15 heavy (non-hydrogen) atoms. The van der Waals surface area contributed by atoms with Crippen LogP contribution < -0.4 is 11.1 Å². The van der Waals surface area contributed by atoms with E-state index in [0.29, 0.717) is 5.82 Å². The Kier molecular flexibility index (Phi) is 2.24. The first-order valence-corrected chi connectivity index (χ1v) is 4.51. The molecule has 3 N–H and O–H groups in total. The molecule has 0 saturated heterocycles. The molecule has 0 aliphatic heterocycles. The summed E-state index contributed by atoms with van der Waals surface area (Å²) in [6, 6.07) is 3.67. The van der Waals surface area contributed by atoms with E-state index in [1.54, 1.807) is 4.68 Å². The molecule has 2 rings (SSSR count). The number of nitrogens with one attached hydrogen (secondary N) is 1. The minimum absolute atomic E-state index is 0.258. The Hall–Kier alpha value is -2.11. The van der Waals surface area contributed by atoms with Gasteiger partial charge in [0, 0.05) is 31.1 Å². The first-order valence-electron chi connectivity index (χ1n) is 4.51. The van der Waals surface area contributed by atoms with Crippen LogP contribution in [0.1, 0.15) is 5.69 Å². The predicted octanol–water partition coefficient (Wildman–Crippen LogP) is 0.844. The van der Waals surface area contributed by atoms with E-state index in [-0.39, 0.29) is 5.95 Å². The molecule has 0 amide bonds. The molecule has 2 aromatic heterocycles. The second-order valence-corrected chi connectivity index (χ2v) is 3.25. The van der Waals surface area contributed by atoms with Crippen LogP contribution in [0.25, 0.3) is 0 Å². The third-order valence-corrected chi connectivity index (χ3v) is 1.84. The first-order chi connectivity index (χ1) is 7.13. The monoisotopic (exact) mass is 204 g/mol. The zero-order chi connectivity index (χ0) is 10.8. The van der Waals surface area contributed by atoms with E-state index in [4.69, 9.17) is 5.73 Å². The Bertz CT molecular complexity index is 455. The number of nitrogen functional groups attached to an aromatic ring is 1. The van der Waals surface area contributed by atoms with Gasteiger partial charge in [0.15, 0.2) is 5.82 Å². The number of aryl methyl sites for hydroxylation is 2. The molecule has 0 aliphatic rings. The maximum absolute atomic E-state index is 5.53. The molecule has 6 nitrogen and oxygen atoms in total. The van der Waals surface area contributed by atoms with Gasteiger partial charge in [-0.25, -0.2) is 4.98 Å². The Morgan fingerprint density at radius 1 is 1.33 bits per heavy atom. The van der Waals surface area contributed by atoms with Crippen LogP contribution in [0.4, 0.5) is 17.6 Å². The average molecular weight is 204 g/mol. The molecular formula is C9H12N6. The highest BCUT2D eigenvalue weighted by molar-refractivity contribution is 5.52. The van der Waals surface area contributed by atoms with E-state index in [9.17, 15) is 0 Å². The van der Waals surface area contributed by atoms with Gasteiger partial charge >= 0.3 is 0 Å². The van der Waals surface area contributed by atoms with E-state index in [1.807, 2.05) is 32.3 Å². The van der Waals surface area contributed by atoms with Crippen LogP contribution in [0.2, 0.25) is 0 Å².